The zero-order valence-corrected chi connectivity index (χ0v) is 12.6. The molecule has 0 bridgehead atoms. The van der Waals surface area contributed by atoms with E-state index in [-0.39, 0.29) is 5.82 Å². The third-order valence-electron chi connectivity index (χ3n) is 2.79. The van der Waals surface area contributed by atoms with Crippen LogP contribution in [0, 0.1) is 5.82 Å². The van der Waals surface area contributed by atoms with Gasteiger partial charge in [-0.2, -0.15) is 0 Å². The van der Waals surface area contributed by atoms with Gasteiger partial charge in [0.05, 0.1) is 5.02 Å². The highest BCUT2D eigenvalue weighted by Crippen LogP contribution is 2.23. The number of hydrogen-bond acceptors (Lipinski definition) is 1. The summed E-state index contributed by atoms with van der Waals surface area (Å²) in [6.45, 7) is 1.58. The first kappa shape index (κ1) is 14.5. The summed E-state index contributed by atoms with van der Waals surface area (Å²) in [5.41, 5.74) is 2.17. The first-order chi connectivity index (χ1) is 9.15. The molecular weight excluding hydrogens is 329 g/mol. The lowest BCUT2D eigenvalue weighted by molar-refractivity contribution is 0.622. The summed E-state index contributed by atoms with van der Waals surface area (Å²) >= 11 is 9.33. The molecule has 0 aromatic heterocycles. The van der Waals surface area contributed by atoms with Crippen LogP contribution in [-0.4, -0.2) is 6.54 Å². The molecule has 100 valence electrons. The lowest BCUT2D eigenvalue weighted by atomic mass is 10.1. The van der Waals surface area contributed by atoms with Crippen molar-refractivity contribution in [2.45, 2.75) is 13.0 Å². The van der Waals surface area contributed by atoms with E-state index >= 15 is 0 Å². The Bertz CT molecular complexity index is 560. The normalized spacial score (nSPS) is 10.7. The minimum Gasteiger partial charge on any atom is -0.312 e. The summed E-state index contributed by atoms with van der Waals surface area (Å²) in [7, 11) is 0. The van der Waals surface area contributed by atoms with Crippen LogP contribution in [-0.2, 0) is 13.0 Å². The molecule has 0 amide bonds. The van der Waals surface area contributed by atoms with Crippen LogP contribution in [0.25, 0.3) is 0 Å². The van der Waals surface area contributed by atoms with Crippen LogP contribution in [0.3, 0.4) is 0 Å². The fourth-order valence-electron chi connectivity index (χ4n) is 1.81. The van der Waals surface area contributed by atoms with Crippen molar-refractivity contribution in [3.05, 3.63) is 68.9 Å². The van der Waals surface area contributed by atoms with Gasteiger partial charge in [0.1, 0.15) is 5.82 Å². The highest BCUT2D eigenvalue weighted by molar-refractivity contribution is 9.10. The molecular formula is C15H14BrClFN. The van der Waals surface area contributed by atoms with Crippen LogP contribution >= 0.6 is 27.5 Å². The predicted octanol–water partition coefficient (Wildman–Crippen LogP) is 4.57. The first-order valence-electron chi connectivity index (χ1n) is 6.04. The third-order valence-corrected chi connectivity index (χ3v) is 4.01. The zero-order valence-electron chi connectivity index (χ0n) is 10.3. The molecule has 0 saturated carbocycles. The highest BCUT2D eigenvalue weighted by atomic mass is 79.9. The third kappa shape index (κ3) is 4.60. The van der Waals surface area contributed by atoms with Crippen molar-refractivity contribution >= 4 is 27.5 Å². The first-order valence-corrected chi connectivity index (χ1v) is 7.21. The van der Waals surface area contributed by atoms with Crippen LogP contribution < -0.4 is 5.32 Å². The van der Waals surface area contributed by atoms with E-state index in [1.54, 1.807) is 12.1 Å². The second-order valence-corrected chi connectivity index (χ2v) is 5.57. The van der Waals surface area contributed by atoms with Crippen molar-refractivity contribution in [3.8, 4) is 0 Å². The van der Waals surface area contributed by atoms with Crippen LogP contribution in [0.2, 0.25) is 5.02 Å². The van der Waals surface area contributed by atoms with Gasteiger partial charge >= 0.3 is 0 Å². The second kappa shape index (κ2) is 7.04. The van der Waals surface area contributed by atoms with Crippen LogP contribution in [0.15, 0.2) is 46.9 Å². The van der Waals surface area contributed by atoms with Gasteiger partial charge < -0.3 is 5.32 Å². The van der Waals surface area contributed by atoms with Gasteiger partial charge in [-0.05, 0) is 64.3 Å². The van der Waals surface area contributed by atoms with E-state index in [4.69, 9.17) is 11.6 Å². The molecule has 0 aliphatic heterocycles. The molecule has 0 radical (unpaired) electrons. The molecule has 0 heterocycles. The van der Waals surface area contributed by atoms with Crippen molar-refractivity contribution in [3.63, 3.8) is 0 Å². The van der Waals surface area contributed by atoms with Crippen LogP contribution in [0.4, 0.5) is 4.39 Å². The molecule has 19 heavy (non-hydrogen) atoms. The molecule has 2 aromatic carbocycles. The summed E-state index contributed by atoms with van der Waals surface area (Å²) < 4.78 is 13.9. The van der Waals surface area contributed by atoms with Gasteiger partial charge in [-0.15, -0.1) is 0 Å². The number of nitrogens with one attached hydrogen (secondary N) is 1. The molecule has 2 rings (SSSR count). The van der Waals surface area contributed by atoms with Crippen LogP contribution in [0.1, 0.15) is 11.1 Å². The van der Waals surface area contributed by atoms with Crippen LogP contribution in [0.5, 0.6) is 0 Å². The summed E-state index contributed by atoms with van der Waals surface area (Å²) in [5.74, 6) is -0.181. The molecule has 0 unspecified atom stereocenters. The summed E-state index contributed by atoms with van der Waals surface area (Å²) in [5, 5.41) is 4.04. The maximum Gasteiger partial charge on any atom is 0.123 e. The Kier molecular flexibility index (Phi) is 5.37. The summed E-state index contributed by atoms with van der Waals surface area (Å²) in [4.78, 5) is 0. The minimum atomic E-state index is -0.181. The molecule has 1 N–H and O–H groups in total. The number of rotatable bonds is 5. The molecule has 0 spiro atoms. The summed E-state index contributed by atoms with van der Waals surface area (Å²) in [6.07, 6.45) is 0.812. The quantitative estimate of drug-likeness (QED) is 0.785. The minimum absolute atomic E-state index is 0.181. The molecule has 0 fully saturated rings. The lowest BCUT2D eigenvalue weighted by Crippen LogP contribution is -2.16. The standard InChI is InChI=1S/C15H14BrClFN/c16-14-9-12(4-5-15(14)17)10-19-7-6-11-2-1-3-13(18)8-11/h1-5,8-9,19H,6-7,10H2. The molecule has 4 heteroatoms. The number of halogens is 3. The van der Waals surface area contributed by atoms with Crippen molar-refractivity contribution in [2.75, 3.05) is 6.54 Å². The van der Waals surface area contributed by atoms with Crippen molar-refractivity contribution in [2.24, 2.45) is 0 Å². The summed E-state index contributed by atoms with van der Waals surface area (Å²) in [6, 6.07) is 12.6. The fraction of sp³-hybridized carbons (Fsp3) is 0.200. The highest BCUT2D eigenvalue weighted by Gasteiger charge is 1.99. The molecule has 0 atom stereocenters. The topological polar surface area (TPSA) is 12.0 Å². The smallest absolute Gasteiger partial charge is 0.123 e. The lowest BCUT2D eigenvalue weighted by Gasteiger charge is -2.06. The Labute approximate surface area is 125 Å². The van der Waals surface area contributed by atoms with Crippen molar-refractivity contribution in [1.29, 1.82) is 0 Å². The van der Waals surface area contributed by atoms with E-state index in [0.29, 0.717) is 5.02 Å². The van der Waals surface area contributed by atoms with Crippen molar-refractivity contribution < 1.29 is 4.39 Å². The Morgan fingerprint density at radius 2 is 1.95 bits per heavy atom. The van der Waals surface area contributed by atoms with Gasteiger partial charge in [-0.1, -0.05) is 29.8 Å². The Morgan fingerprint density at radius 3 is 2.68 bits per heavy atom. The molecule has 0 aliphatic carbocycles. The van der Waals surface area contributed by atoms with Gasteiger partial charge in [0.2, 0.25) is 0 Å². The molecule has 0 aliphatic rings. The van der Waals surface area contributed by atoms with E-state index in [9.17, 15) is 4.39 Å². The van der Waals surface area contributed by atoms with Crippen molar-refractivity contribution in [1.82, 2.24) is 5.32 Å². The number of benzene rings is 2. The van der Waals surface area contributed by atoms with Gasteiger partial charge in [0, 0.05) is 11.0 Å². The SMILES string of the molecule is Fc1cccc(CCNCc2ccc(Cl)c(Br)c2)c1. The molecule has 0 saturated heterocycles. The average molecular weight is 343 g/mol. The Balaban J connectivity index is 1.79. The zero-order chi connectivity index (χ0) is 13.7. The van der Waals surface area contributed by atoms with Gasteiger partial charge in [0.25, 0.3) is 0 Å². The Morgan fingerprint density at radius 1 is 1.11 bits per heavy atom. The molecule has 2 aromatic rings. The van der Waals surface area contributed by atoms with E-state index in [1.165, 1.54) is 6.07 Å². The van der Waals surface area contributed by atoms with E-state index in [2.05, 4.69) is 21.2 Å². The Hall–Kier alpha value is -0.900. The van der Waals surface area contributed by atoms with Gasteiger partial charge in [-0.25, -0.2) is 4.39 Å². The average Bonchev–Trinajstić information content (AvgIpc) is 2.39. The fourth-order valence-corrected chi connectivity index (χ4v) is 2.35. The monoisotopic (exact) mass is 341 g/mol. The second-order valence-electron chi connectivity index (χ2n) is 4.31. The van der Waals surface area contributed by atoms with E-state index in [0.717, 1.165) is 35.1 Å². The maximum atomic E-state index is 13.0. The number of hydrogen-bond donors (Lipinski definition) is 1. The predicted molar refractivity (Wildman–Crippen MR) is 81.0 cm³/mol. The van der Waals surface area contributed by atoms with E-state index < -0.39 is 0 Å². The molecule has 1 nitrogen and oxygen atoms in total. The van der Waals surface area contributed by atoms with E-state index in [1.807, 2.05) is 24.3 Å². The maximum absolute atomic E-state index is 13.0. The van der Waals surface area contributed by atoms with Gasteiger partial charge in [0.15, 0.2) is 0 Å². The van der Waals surface area contributed by atoms with Gasteiger partial charge in [-0.3, -0.25) is 0 Å². The largest absolute Gasteiger partial charge is 0.312 e.